The summed E-state index contributed by atoms with van der Waals surface area (Å²) in [6.45, 7) is 5.73. The van der Waals surface area contributed by atoms with Crippen LogP contribution in [0.4, 0.5) is 10.5 Å². The van der Waals surface area contributed by atoms with Gasteiger partial charge in [0.15, 0.2) is 0 Å². The molecular formula is C23H30N4O4. The van der Waals surface area contributed by atoms with Crippen LogP contribution in [0.5, 0.6) is 0 Å². The molecule has 2 aromatic rings. The minimum Gasteiger partial charge on any atom is -0.467 e. The summed E-state index contributed by atoms with van der Waals surface area (Å²) in [5.41, 5.74) is 1.73. The molecule has 0 radical (unpaired) electrons. The van der Waals surface area contributed by atoms with E-state index >= 15 is 0 Å². The highest BCUT2D eigenvalue weighted by Crippen LogP contribution is 2.15. The number of carbonyl (C=O) groups excluding carboxylic acids is 2. The van der Waals surface area contributed by atoms with Crippen molar-refractivity contribution in [2.45, 2.75) is 26.1 Å². The van der Waals surface area contributed by atoms with Crippen LogP contribution in [-0.4, -0.2) is 72.5 Å². The molecule has 2 aliphatic heterocycles. The predicted octanol–water partition coefficient (Wildman–Crippen LogP) is 2.77. The van der Waals surface area contributed by atoms with Gasteiger partial charge in [-0.2, -0.15) is 0 Å². The minimum atomic E-state index is -0.112. The fourth-order valence-electron chi connectivity index (χ4n) is 3.97. The Kier molecular flexibility index (Phi) is 7.22. The summed E-state index contributed by atoms with van der Waals surface area (Å²) >= 11 is 0. The smallest absolute Gasteiger partial charge is 0.321 e. The quantitative estimate of drug-likeness (QED) is 0.737. The van der Waals surface area contributed by atoms with Crippen LogP contribution in [0.3, 0.4) is 0 Å². The Morgan fingerprint density at radius 2 is 1.74 bits per heavy atom. The van der Waals surface area contributed by atoms with Crippen molar-refractivity contribution in [3.8, 4) is 0 Å². The molecule has 31 heavy (non-hydrogen) atoms. The number of carbonyl (C=O) groups is 2. The minimum absolute atomic E-state index is 0.112. The lowest BCUT2D eigenvalue weighted by atomic mass is 10.2. The van der Waals surface area contributed by atoms with Crippen molar-refractivity contribution in [3.63, 3.8) is 0 Å². The van der Waals surface area contributed by atoms with E-state index in [4.69, 9.17) is 9.15 Å². The summed E-state index contributed by atoms with van der Waals surface area (Å²) in [5.74, 6) is 0.993. The molecule has 166 valence electrons. The largest absolute Gasteiger partial charge is 0.467 e. The lowest BCUT2D eigenvalue weighted by molar-refractivity contribution is -0.131. The third-order valence-corrected chi connectivity index (χ3v) is 5.75. The second-order valence-corrected chi connectivity index (χ2v) is 8.05. The number of anilines is 1. The molecular weight excluding hydrogens is 396 g/mol. The van der Waals surface area contributed by atoms with Gasteiger partial charge in [0.25, 0.3) is 0 Å². The highest BCUT2D eigenvalue weighted by molar-refractivity contribution is 5.89. The third kappa shape index (κ3) is 6.08. The van der Waals surface area contributed by atoms with E-state index in [-0.39, 0.29) is 11.9 Å². The van der Waals surface area contributed by atoms with Gasteiger partial charge in [0.2, 0.25) is 5.91 Å². The van der Waals surface area contributed by atoms with Crippen LogP contribution >= 0.6 is 0 Å². The van der Waals surface area contributed by atoms with Gasteiger partial charge < -0.3 is 24.3 Å². The molecule has 2 aliphatic rings. The zero-order valence-electron chi connectivity index (χ0n) is 17.8. The summed E-state index contributed by atoms with van der Waals surface area (Å²) in [6.07, 6.45) is 3.84. The average Bonchev–Trinajstić information content (AvgIpc) is 3.49. The highest BCUT2D eigenvalue weighted by Gasteiger charge is 2.25. The first-order chi connectivity index (χ1) is 15.2. The van der Waals surface area contributed by atoms with E-state index in [1.54, 1.807) is 11.2 Å². The number of nitrogens with one attached hydrogen (secondary N) is 1. The van der Waals surface area contributed by atoms with E-state index in [9.17, 15) is 9.59 Å². The van der Waals surface area contributed by atoms with Crippen molar-refractivity contribution < 1.29 is 18.7 Å². The van der Waals surface area contributed by atoms with Crippen molar-refractivity contribution in [2.75, 3.05) is 51.1 Å². The van der Waals surface area contributed by atoms with Gasteiger partial charge in [0.1, 0.15) is 12.4 Å². The number of amides is 3. The summed E-state index contributed by atoms with van der Waals surface area (Å²) in [7, 11) is 0. The third-order valence-electron chi connectivity index (χ3n) is 5.75. The average molecular weight is 427 g/mol. The Hall–Kier alpha value is -2.84. The maximum Gasteiger partial charge on any atom is 0.321 e. The molecule has 0 unspecified atom stereocenters. The lowest BCUT2D eigenvalue weighted by Crippen LogP contribution is -2.52. The molecule has 0 atom stereocenters. The standard InChI is InChI=1S/C23H30N4O4/c28-22(26-8-1-2-9-26)16-25-10-12-27(13-11-25)23(29)24-20-6-3-5-19(15-20)17-30-18-21-7-4-14-31-21/h3-7,14-15H,1-2,8-13,16-18H2,(H,24,29). The zero-order valence-corrected chi connectivity index (χ0v) is 17.8. The second kappa shape index (κ2) is 10.5. The van der Waals surface area contributed by atoms with Crippen LogP contribution in [0.15, 0.2) is 47.1 Å². The van der Waals surface area contributed by atoms with Crippen LogP contribution in [0, 0.1) is 0 Å². The SMILES string of the molecule is O=C(CN1CCN(C(=O)Nc2cccc(COCc3ccco3)c2)CC1)N1CCCC1. The molecule has 0 aliphatic carbocycles. The number of rotatable bonds is 7. The predicted molar refractivity (Wildman–Crippen MR) is 116 cm³/mol. The Bertz CT molecular complexity index is 856. The maximum atomic E-state index is 12.7. The van der Waals surface area contributed by atoms with Crippen LogP contribution in [0.1, 0.15) is 24.2 Å². The van der Waals surface area contributed by atoms with E-state index in [0.717, 1.165) is 42.9 Å². The first-order valence-corrected chi connectivity index (χ1v) is 10.9. The zero-order chi connectivity index (χ0) is 21.5. The monoisotopic (exact) mass is 426 g/mol. The molecule has 2 saturated heterocycles. The molecule has 0 saturated carbocycles. The molecule has 4 rings (SSSR count). The number of likely N-dealkylation sites (tertiary alicyclic amines) is 1. The number of piperazine rings is 1. The Labute approximate surface area is 182 Å². The highest BCUT2D eigenvalue weighted by atomic mass is 16.5. The van der Waals surface area contributed by atoms with Crippen LogP contribution in [-0.2, 0) is 22.7 Å². The molecule has 3 amide bonds. The van der Waals surface area contributed by atoms with Crippen molar-refractivity contribution in [3.05, 3.63) is 54.0 Å². The van der Waals surface area contributed by atoms with Gasteiger partial charge in [0, 0.05) is 45.0 Å². The molecule has 2 fully saturated rings. The number of furan rings is 1. The van der Waals surface area contributed by atoms with E-state index in [0.29, 0.717) is 45.9 Å². The van der Waals surface area contributed by atoms with Gasteiger partial charge >= 0.3 is 6.03 Å². The molecule has 1 aromatic heterocycles. The second-order valence-electron chi connectivity index (χ2n) is 8.05. The van der Waals surface area contributed by atoms with Gasteiger partial charge in [0.05, 0.1) is 19.4 Å². The normalized spacial score (nSPS) is 17.2. The van der Waals surface area contributed by atoms with Crippen molar-refractivity contribution >= 4 is 17.6 Å². The fraction of sp³-hybridized carbons (Fsp3) is 0.478. The maximum absolute atomic E-state index is 12.7. The number of benzene rings is 1. The molecule has 8 nitrogen and oxygen atoms in total. The van der Waals surface area contributed by atoms with Crippen LogP contribution in [0.25, 0.3) is 0 Å². The lowest BCUT2D eigenvalue weighted by Gasteiger charge is -2.35. The number of nitrogens with zero attached hydrogens (tertiary/aromatic N) is 3. The Balaban J connectivity index is 1.20. The van der Waals surface area contributed by atoms with Crippen LogP contribution in [0.2, 0.25) is 0 Å². The summed E-state index contributed by atoms with van der Waals surface area (Å²) in [6, 6.07) is 11.3. The molecule has 0 spiro atoms. The van der Waals surface area contributed by atoms with E-state index in [2.05, 4.69) is 10.2 Å². The summed E-state index contributed by atoms with van der Waals surface area (Å²) in [4.78, 5) is 30.9. The number of urea groups is 1. The Morgan fingerprint density at radius 1 is 0.935 bits per heavy atom. The van der Waals surface area contributed by atoms with Gasteiger partial charge in [-0.1, -0.05) is 12.1 Å². The first-order valence-electron chi connectivity index (χ1n) is 10.9. The van der Waals surface area contributed by atoms with E-state index in [1.807, 2.05) is 41.3 Å². The van der Waals surface area contributed by atoms with Gasteiger partial charge in [-0.25, -0.2) is 4.79 Å². The van der Waals surface area contributed by atoms with Crippen molar-refractivity contribution in [2.24, 2.45) is 0 Å². The molecule has 1 aromatic carbocycles. The number of hydrogen-bond donors (Lipinski definition) is 1. The van der Waals surface area contributed by atoms with Gasteiger partial charge in [-0.15, -0.1) is 0 Å². The van der Waals surface area contributed by atoms with Crippen LogP contribution < -0.4 is 5.32 Å². The molecule has 0 bridgehead atoms. The van der Waals surface area contributed by atoms with Crippen molar-refractivity contribution in [1.29, 1.82) is 0 Å². The molecule has 8 heteroatoms. The molecule has 3 heterocycles. The topological polar surface area (TPSA) is 78.3 Å². The number of hydrogen-bond acceptors (Lipinski definition) is 5. The van der Waals surface area contributed by atoms with Crippen molar-refractivity contribution in [1.82, 2.24) is 14.7 Å². The fourth-order valence-corrected chi connectivity index (χ4v) is 3.97. The number of ether oxygens (including phenoxy) is 1. The first kappa shape index (κ1) is 21.4. The summed E-state index contributed by atoms with van der Waals surface area (Å²) < 4.78 is 10.9. The van der Waals surface area contributed by atoms with E-state index in [1.165, 1.54) is 0 Å². The Morgan fingerprint density at radius 3 is 2.48 bits per heavy atom. The summed E-state index contributed by atoms with van der Waals surface area (Å²) in [5, 5.41) is 2.98. The molecule has 1 N–H and O–H groups in total. The van der Waals surface area contributed by atoms with Gasteiger partial charge in [-0.05, 0) is 42.7 Å². The van der Waals surface area contributed by atoms with E-state index < -0.39 is 0 Å². The van der Waals surface area contributed by atoms with Gasteiger partial charge in [-0.3, -0.25) is 9.69 Å².